The number of primary amides is 1. The quantitative estimate of drug-likeness (QED) is 0.365. The van der Waals surface area contributed by atoms with Gasteiger partial charge in [0.2, 0.25) is 0 Å². The van der Waals surface area contributed by atoms with E-state index < -0.39 is 12.0 Å². The van der Waals surface area contributed by atoms with Gasteiger partial charge in [-0.15, -0.1) is 0 Å². The third-order valence-corrected chi connectivity index (χ3v) is 6.88. The summed E-state index contributed by atoms with van der Waals surface area (Å²) in [6.07, 6.45) is 3.11. The van der Waals surface area contributed by atoms with Crippen molar-refractivity contribution in [2.24, 2.45) is 11.1 Å². The smallest absolute Gasteiger partial charge is 0.252 e. The molecule has 1 unspecified atom stereocenters. The molecule has 0 fully saturated rings. The van der Waals surface area contributed by atoms with E-state index in [1.54, 1.807) is 0 Å². The van der Waals surface area contributed by atoms with Crippen molar-refractivity contribution in [2.45, 2.75) is 85.7 Å². The number of ether oxygens (including phenoxy) is 2. The van der Waals surface area contributed by atoms with Crippen molar-refractivity contribution < 1.29 is 19.4 Å². The van der Waals surface area contributed by atoms with Crippen LogP contribution in [0.5, 0.6) is 11.5 Å². The van der Waals surface area contributed by atoms with E-state index in [1.165, 1.54) is 0 Å². The molecule has 0 bridgehead atoms. The number of aliphatic hydroxyl groups is 1. The van der Waals surface area contributed by atoms with Crippen molar-refractivity contribution in [2.75, 3.05) is 13.2 Å². The van der Waals surface area contributed by atoms with Gasteiger partial charge in [-0.3, -0.25) is 4.79 Å². The summed E-state index contributed by atoms with van der Waals surface area (Å²) in [7, 11) is 0. The molecule has 0 saturated heterocycles. The topological polar surface area (TPSA) is 81.8 Å². The van der Waals surface area contributed by atoms with Crippen LogP contribution in [0.15, 0.2) is 36.4 Å². The Labute approximate surface area is 205 Å². The summed E-state index contributed by atoms with van der Waals surface area (Å²) in [6, 6.07) is 12.1. The molecule has 0 heterocycles. The second-order valence-electron chi connectivity index (χ2n) is 10.2. The highest BCUT2D eigenvalue weighted by Crippen LogP contribution is 2.41. The molecule has 0 aromatic heterocycles. The van der Waals surface area contributed by atoms with Crippen LogP contribution < -0.4 is 15.2 Å². The summed E-state index contributed by atoms with van der Waals surface area (Å²) in [4.78, 5) is 12.2. The highest BCUT2D eigenvalue weighted by molar-refractivity contribution is 5.96. The van der Waals surface area contributed by atoms with Gasteiger partial charge < -0.3 is 20.3 Å². The monoisotopic (exact) mass is 469 g/mol. The molecule has 2 rings (SSSR count). The number of aliphatic hydroxyl groups excluding tert-OH is 1. The summed E-state index contributed by atoms with van der Waals surface area (Å²) in [6.45, 7) is 15.3. The first-order valence-corrected chi connectivity index (χ1v) is 12.5. The Hall–Kier alpha value is -2.53. The van der Waals surface area contributed by atoms with Crippen LogP contribution in [0.1, 0.15) is 94.3 Å². The molecule has 0 saturated carbocycles. The molecule has 0 aliphatic rings. The fraction of sp³-hybridized carbons (Fsp3) is 0.552. The predicted octanol–water partition coefficient (Wildman–Crippen LogP) is 6.16. The number of hydrogen-bond acceptors (Lipinski definition) is 4. The first kappa shape index (κ1) is 27.7. The lowest BCUT2D eigenvalue weighted by molar-refractivity contribution is 0.0216. The average molecular weight is 470 g/mol. The SMILES string of the molecule is CCCCOc1ccc(C(CC)(CC)c2ccc(OCC(O)C(C)(C)C)c(C)c2)cc1C(N)=O. The summed E-state index contributed by atoms with van der Waals surface area (Å²) in [5.74, 6) is 0.834. The van der Waals surface area contributed by atoms with Crippen molar-refractivity contribution in [1.82, 2.24) is 0 Å². The fourth-order valence-corrected chi connectivity index (χ4v) is 4.23. The van der Waals surface area contributed by atoms with Crippen molar-refractivity contribution in [3.05, 3.63) is 58.7 Å². The maximum atomic E-state index is 12.2. The Balaban J connectivity index is 2.41. The van der Waals surface area contributed by atoms with Gasteiger partial charge in [0.05, 0.1) is 18.3 Å². The lowest BCUT2D eigenvalue weighted by atomic mass is 9.70. The number of rotatable bonds is 12. The molecule has 34 heavy (non-hydrogen) atoms. The lowest BCUT2D eigenvalue weighted by Gasteiger charge is -2.34. The van der Waals surface area contributed by atoms with Crippen molar-refractivity contribution in [3.8, 4) is 11.5 Å². The van der Waals surface area contributed by atoms with Gasteiger partial charge in [0.25, 0.3) is 5.91 Å². The zero-order valence-corrected chi connectivity index (χ0v) is 22.0. The highest BCUT2D eigenvalue weighted by Gasteiger charge is 2.32. The van der Waals surface area contributed by atoms with Crippen LogP contribution in [0, 0.1) is 12.3 Å². The van der Waals surface area contributed by atoms with Gasteiger partial charge in [-0.25, -0.2) is 0 Å². The number of carbonyl (C=O) groups excluding carboxylic acids is 1. The van der Waals surface area contributed by atoms with Gasteiger partial charge >= 0.3 is 0 Å². The van der Waals surface area contributed by atoms with Gasteiger partial charge in [-0.1, -0.05) is 66.2 Å². The summed E-state index contributed by atoms with van der Waals surface area (Å²) >= 11 is 0. The zero-order chi connectivity index (χ0) is 25.5. The number of aryl methyl sites for hydroxylation is 1. The lowest BCUT2D eigenvalue weighted by Crippen LogP contribution is -2.32. The van der Waals surface area contributed by atoms with Crippen molar-refractivity contribution >= 4 is 5.91 Å². The number of benzene rings is 2. The van der Waals surface area contributed by atoms with E-state index in [-0.39, 0.29) is 17.4 Å². The fourth-order valence-electron chi connectivity index (χ4n) is 4.23. The Kier molecular flexibility index (Phi) is 9.57. The number of nitrogens with two attached hydrogens (primary N) is 1. The minimum atomic E-state index is -0.553. The van der Waals surface area contributed by atoms with Gasteiger partial charge in [0, 0.05) is 5.41 Å². The van der Waals surface area contributed by atoms with Crippen molar-refractivity contribution in [3.63, 3.8) is 0 Å². The standard InChI is InChI=1S/C29H43NO4/c1-8-11-16-33-25-15-13-22(18-23(25)27(30)32)29(9-2,10-3)21-12-14-24(20(4)17-21)34-19-26(31)28(5,6)7/h12-15,17-18,26,31H,8-11,16,19H2,1-7H3,(H2,30,32). The Bertz CT molecular complexity index is 957. The summed E-state index contributed by atoms with van der Waals surface area (Å²) in [5, 5.41) is 10.3. The van der Waals surface area contributed by atoms with Crippen molar-refractivity contribution in [1.29, 1.82) is 0 Å². The Morgan fingerprint density at radius 2 is 1.56 bits per heavy atom. The van der Waals surface area contributed by atoms with E-state index in [0.29, 0.717) is 17.9 Å². The Morgan fingerprint density at radius 3 is 2.06 bits per heavy atom. The first-order valence-electron chi connectivity index (χ1n) is 12.5. The van der Waals surface area contributed by atoms with Gasteiger partial charge in [-0.2, -0.15) is 0 Å². The first-order chi connectivity index (χ1) is 16.0. The molecule has 2 aromatic rings. The van der Waals surface area contributed by atoms with Gasteiger partial charge in [-0.05, 0) is 66.5 Å². The van der Waals surface area contributed by atoms with Crippen LogP contribution in [0.4, 0.5) is 0 Å². The normalized spacial score (nSPS) is 12.9. The highest BCUT2D eigenvalue weighted by atomic mass is 16.5. The van der Waals surface area contributed by atoms with Gasteiger partial charge in [0.15, 0.2) is 0 Å². The van der Waals surface area contributed by atoms with Crippen LogP contribution in [0.25, 0.3) is 0 Å². The van der Waals surface area contributed by atoms with E-state index in [2.05, 4.69) is 39.0 Å². The molecular weight excluding hydrogens is 426 g/mol. The molecule has 2 aromatic carbocycles. The average Bonchev–Trinajstić information content (AvgIpc) is 2.79. The molecule has 5 heteroatoms. The van der Waals surface area contributed by atoms with Crippen LogP contribution >= 0.6 is 0 Å². The summed E-state index contributed by atoms with van der Waals surface area (Å²) < 4.78 is 11.8. The third kappa shape index (κ3) is 6.32. The maximum absolute atomic E-state index is 12.2. The van der Waals surface area contributed by atoms with Gasteiger partial charge in [0.1, 0.15) is 18.1 Å². The molecular formula is C29H43NO4. The van der Waals surface area contributed by atoms with E-state index in [4.69, 9.17) is 15.2 Å². The number of unbranched alkanes of at least 4 members (excludes halogenated alkanes) is 1. The predicted molar refractivity (Wildman–Crippen MR) is 139 cm³/mol. The molecule has 0 aliphatic heterocycles. The molecule has 3 N–H and O–H groups in total. The number of amides is 1. The summed E-state index contributed by atoms with van der Waals surface area (Å²) in [5.41, 5.74) is 8.86. The largest absolute Gasteiger partial charge is 0.493 e. The molecule has 0 radical (unpaired) electrons. The molecule has 5 nitrogen and oxygen atoms in total. The third-order valence-electron chi connectivity index (χ3n) is 6.88. The van der Waals surface area contributed by atoms with E-state index >= 15 is 0 Å². The zero-order valence-electron chi connectivity index (χ0n) is 22.0. The molecule has 0 spiro atoms. The number of carbonyl (C=O) groups is 1. The molecule has 0 aliphatic carbocycles. The molecule has 1 amide bonds. The number of hydrogen-bond donors (Lipinski definition) is 2. The second kappa shape index (κ2) is 11.7. The van der Waals surface area contributed by atoms with Crippen LogP contribution in [0.2, 0.25) is 0 Å². The maximum Gasteiger partial charge on any atom is 0.252 e. The minimum Gasteiger partial charge on any atom is -0.493 e. The molecule has 188 valence electrons. The van der Waals surface area contributed by atoms with E-state index in [1.807, 2.05) is 45.9 Å². The van der Waals surface area contributed by atoms with E-state index in [9.17, 15) is 9.90 Å². The second-order valence-corrected chi connectivity index (χ2v) is 10.2. The van der Waals surface area contributed by atoms with Crippen LogP contribution in [-0.2, 0) is 5.41 Å². The minimum absolute atomic E-state index is 0.238. The van der Waals surface area contributed by atoms with Crippen LogP contribution in [-0.4, -0.2) is 30.3 Å². The van der Waals surface area contributed by atoms with Crippen LogP contribution in [0.3, 0.4) is 0 Å². The molecule has 1 atom stereocenters. The Morgan fingerprint density at radius 1 is 0.971 bits per heavy atom. The van der Waals surface area contributed by atoms with E-state index in [0.717, 1.165) is 48.1 Å².